The molecule has 0 radical (unpaired) electrons. The maximum absolute atomic E-state index is 13.7. The van der Waals surface area contributed by atoms with Gasteiger partial charge in [-0.1, -0.05) is 11.8 Å². The van der Waals surface area contributed by atoms with Crippen LogP contribution in [0.5, 0.6) is 17.2 Å². The van der Waals surface area contributed by atoms with Gasteiger partial charge in [-0.3, -0.25) is 0 Å². The zero-order valence-electron chi connectivity index (χ0n) is 15.5. The first-order chi connectivity index (χ1) is 13.5. The third-order valence-electron chi connectivity index (χ3n) is 3.98. The number of hydrogen-bond acceptors (Lipinski definition) is 6. The van der Waals surface area contributed by atoms with Crippen LogP contribution in [0.2, 0.25) is 0 Å². The molecule has 0 aliphatic rings. The Morgan fingerprint density at radius 2 is 1.57 bits per heavy atom. The number of methoxy groups -OCH3 is 3. The van der Waals surface area contributed by atoms with Crippen LogP contribution in [-0.2, 0) is 5.75 Å². The second kappa shape index (κ2) is 8.88. The van der Waals surface area contributed by atoms with Gasteiger partial charge in [0, 0.05) is 16.9 Å². The van der Waals surface area contributed by atoms with Gasteiger partial charge in [-0.2, -0.15) is 0 Å². The quantitative estimate of drug-likeness (QED) is 0.530. The van der Waals surface area contributed by atoms with Gasteiger partial charge in [-0.05, 0) is 42.5 Å². The van der Waals surface area contributed by atoms with E-state index in [9.17, 15) is 8.78 Å². The highest BCUT2D eigenvalue weighted by Crippen LogP contribution is 2.40. The number of thioether (sulfide) groups is 1. The molecule has 5 nitrogen and oxygen atoms in total. The number of rotatable bonds is 7. The highest BCUT2D eigenvalue weighted by molar-refractivity contribution is 7.98. The molecule has 0 bridgehead atoms. The monoisotopic (exact) mass is 404 g/mol. The SMILES string of the molecule is COc1cc(-c2ccc(SCc3cc(F)ccc3F)nn2)cc(OC)c1OC. The van der Waals surface area contributed by atoms with E-state index in [1.807, 2.05) is 0 Å². The molecule has 146 valence electrons. The van der Waals surface area contributed by atoms with Crippen molar-refractivity contribution < 1.29 is 23.0 Å². The van der Waals surface area contributed by atoms with E-state index >= 15 is 0 Å². The topological polar surface area (TPSA) is 53.5 Å². The molecule has 0 atom stereocenters. The number of halogens is 2. The van der Waals surface area contributed by atoms with Crippen molar-refractivity contribution in [2.24, 2.45) is 0 Å². The van der Waals surface area contributed by atoms with Gasteiger partial charge >= 0.3 is 0 Å². The Bertz CT molecular complexity index is 943. The lowest BCUT2D eigenvalue weighted by Gasteiger charge is -2.13. The summed E-state index contributed by atoms with van der Waals surface area (Å²) in [7, 11) is 4.61. The number of hydrogen-bond donors (Lipinski definition) is 0. The molecule has 2 aromatic carbocycles. The zero-order valence-corrected chi connectivity index (χ0v) is 16.3. The van der Waals surface area contributed by atoms with Crippen molar-refractivity contribution in [3.05, 3.63) is 59.7 Å². The lowest BCUT2D eigenvalue weighted by molar-refractivity contribution is 0.324. The lowest BCUT2D eigenvalue weighted by atomic mass is 10.1. The molecule has 0 fully saturated rings. The molecular formula is C20H18F2N2O3S. The van der Waals surface area contributed by atoms with E-state index in [1.54, 1.807) is 24.3 Å². The predicted octanol–water partition coefficient (Wildman–Crippen LogP) is 4.74. The average Bonchev–Trinajstić information content (AvgIpc) is 2.73. The second-order valence-electron chi connectivity index (χ2n) is 5.70. The van der Waals surface area contributed by atoms with Gasteiger partial charge in [0.05, 0.1) is 27.0 Å². The van der Waals surface area contributed by atoms with Crippen LogP contribution < -0.4 is 14.2 Å². The Morgan fingerprint density at radius 3 is 2.14 bits per heavy atom. The fourth-order valence-electron chi connectivity index (χ4n) is 2.59. The molecule has 0 aliphatic heterocycles. The van der Waals surface area contributed by atoms with Crippen LogP contribution in [-0.4, -0.2) is 31.5 Å². The summed E-state index contributed by atoms with van der Waals surface area (Å²) >= 11 is 1.27. The van der Waals surface area contributed by atoms with Crippen LogP contribution >= 0.6 is 11.8 Å². The second-order valence-corrected chi connectivity index (χ2v) is 6.69. The van der Waals surface area contributed by atoms with Crippen LogP contribution in [0.15, 0.2) is 47.5 Å². The minimum atomic E-state index is -0.471. The highest BCUT2D eigenvalue weighted by Gasteiger charge is 2.15. The van der Waals surface area contributed by atoms with Gasteiger partial charge in [0.15, 0.2) is 11.5 Å². The molecule has 0 saturated carbocycles. The summed E-state index contributed by atoms with van der Waals surface area (Å²) in [5.41, 5.74) is 1.63. The third-order valence-corrected chi connectivity index (χ3v) is 4.95. The van der Waals surface area contributed by atoms with Crippen molar-refractivity contribution in [1.29, 1.82) is 0 Å². The van der Waals surface area contributed by atoms with E-state index < -0.39 is 11.6 Å². The highest BCUT2D eigenvalue weighted by atomic mass is 32.2. The Kier molecular flexibility index (Phi) is 6.30. The predicted molar refractivity (Wildman–Crippen MR) is 103 cm³/mol. The summed E-state index contributed by atoms with van der Waals surface area (Å²) in [5, 5.41) is 8.97. The lowest BCUT2D eigenvalue weighted by Crippen LogP contribution is -1.97. The Labute approximate surface area is 165 Å². The van der Waals surface area contributed by atoms with Crippen LogP contribution in [0, 0.1) is 11.6 Å². The Hall–Kier alpha value is -2.87. The molecule has 3 rings (SSSR count). The zero-order chi connectivity index (χ0) is 20.1. The fourth-order valence-corrected chi connectivity index (χ4v) is 3.37. The van der Waals surface area contributed by atoms with E-state index in [2.05, 4.69) is 10.2 Å². The minimum absolute atomic E-state index is 0.252. The number of benzene rings is 2. The van der Waals surface area contributed by atoms with Crippen LogP contribution in [0.4, 0.5) is 8.78 Å². The molecule has 0 aliphatic carbocycles. The molecule has 0 unspecified atom stereocenters. The molecule has 3 aromatic rings. The van der Waals surface area contributed by atoms with Gasteiger partial charge in [-0.15, -0.1) is 10.2 Å². The van der Waals surface area contributed by atoms with Crippen molar-refractivity contribution in [3.63, 3.8) is 0 Å². The summed E-state index contributed by atoms with van der Waals surface area (Å²) in [6.07, 6.45) is 0. The van der Waals surface area contributed by atoms with Crippen molar-refractivity contribution in [3.8, 4) is 28.5 Å². The molecule has 0 N–H and O–H groups in total. The first-order valence-electron chi connectivity index (χ1n) is 8.26. The van der Waals surface area contributed by atoms with Gasteiger partial charge in [0.25, 0.3) is 0 Å². The third kappa shape index (κ3) is 4.33. The molecule has 0 amide bonds. The van der Waals surface area contributed by atoms with E-state index in [0.29, 0.717) is 28.0 Å². The van der Waals surface area contributed by atoms with Gasteiger partial charge < -0.3 is 14.2 Å². The first kappa shape index (κ1) is 19.9. The maximum Gasteiger partial charge on any atom is 0.203 e. The van der Waals surface area contributed by atoms with Crippen molar-refractivity contribution >= 4 is 11.8 Å². The summed E-state index contributed by atoms with van der Waals surface area (Å²) in [5.74, 6) is 0.849. The van der Waals surface area contributed by atoms with Crippen LogP contribution in [0.1, 0.15) is 5.56 Å². The smallest absolute Gasteiger partial charge is 0.203 e. The van der Waals surface area contributed by atoms with E-state index in [-0.39, 0.29) is 11.3 Å². The van der Waals surface area contributed by atoms with Crippen LogP contribution in [0.25, 0.3) is 11.3 Å². The summed E-state index contributed by atoms with van der Waals surface area (Å²) in [6, 6.07) is 10.5. The van der Waals surface area contributed by atoms with E-state index in [1.165, 1.54) is 39.2 Å². The van der Waals surface area contributed by atoms with Crippen molar-refractivity contribution in [2.45, 2.75) is 10.8 Å². The van der Waals surface area contributed by atoms with Gasteiger partial charge in [-0.25, -0.2) is 8.78 Å². The maximum atomic E-state index is 13.7. The number of ether oxygens (including phenoxy) is 3. The van der Waals surface area contributed by atoms with Gasteiger partial charge in [0.1, 0.15) is 16.7 Å². The summed E-state index contributed by atoms with van der Waals surface area (Å²) < 4.78 is 43.0. The molecule has 28 heavy (non-hydrogen) atoms. The first-order valence-corrected chi connectivity index (χ1v) is 9.25. The normalized spacial score (nSPS) is 10.6. The minimum Gasteiger partial charge on any atom is -0.493 e. The molecule has 0 saturated heterocycles. The van der Waals surface area contributed by atoms with Crippen molar-refractivity contribution in [2.75, 3.05) is 21.3 Å². The molecule has 8 heteroatoms. The molecule has 1 aromatic heterocycles. The summed E-state index contributed by atoms with van der Waals surface area (Å²) in [4.78, 5) is 0. The van der Waals surface area contributed by atoms with Gasteiger partial charge in [0.2, 0.25) is 5.75 Å². The number of nitrogens with zero attached hydrogens (tertiary/aromatic N) is 2. The molecule has 1 heterocycles. The van der Waals surface area contributed by atoms with E-state index in [4.69, 9.17) is 14.2 Å². The average molecular weight is 404 g/mol. The number of aromatic nitrogens is 2. The molecular weight excluding hydrogens is 386 g/mol. The standard InChI is InChI=1S/C20H18F2N2O3S/c1-25-17-9-12(10-18(26-2)20(17)27-3)16-6-7-19(24-23-16)28-11-13-8-14(21)4-5-15(13)22/h4-10H,11H2,1-3H3. The van der Waals surface area contributed by atoms with E-state index in [0.717, 1.165) is 17.7 Å². The Balaban J connectivity index is 1.80. The fraction of sp³-hybridized carbons (Fsp3) is 0.200. The largest absolute Gasteiger partial charge is 0.493 e. The summed E-state index contributed by atoms with van der Waals surface area (Å²) in [6.45, 7) is 0. The van der Waals surface area contributed by atoms with Crippen molar-refractivity contribution in [1.82, 2.24) is 10.2 Å². The Morgan fingerprint density at radius 1 is 0.857 bits per heavy atom. The molecule has 0 spiro atoms. The van der Waals surface area contributed by atoms with Crippen LogP contribution in [0.3, 0.4) is 0 Å².